The average molecular weight is 401 g/mol. The van der Waals surface area contributed by atoms with Crippen LogP contribution in [0.3, 0.4) is 0 Å². The Kier molecular flexibility index (Phi) is 4.73. The lowest BCUT2D eigenvalue weighted by molar-refractivity contribution is 0.467. The summed E-state index contributed by atoms with van der Waals surface area (Å²) in [6, 6.07) is 9.65. The predicted molar refractivity (Wildman–Crippen MR) is 90.8 cm³/mol. The maximum atomic E-state index is 12.9. The number of thiophene rings is 1. The molecule has 4 heteroatoms. The fourth-order valence-electron chi connectivity index (χ4n) is 2.78. The van der Waals surface area contributed by atoms with Crippen molar-refractivity contribution in [3.05, 3.63) is 55.0 Å². The number of aryl methyl sites for hydroxylation is 1. The third kappa shape index (κ3) is 3.40. The van der Waals surface area contributed by atoms with E-state index in [9.17, 15) is 4.39 Å². The first-order chi connectivity index (χ1) is 9.72. The largest absolute Gasteiger partial charge is 0.310 e. The van der Waals surface area contributed by atoms with Crippen LogP contribution < -0.4 is 5.32 Å². The van der Waals surface area contributed by atoms with E-state index in [4.69, 9.17) is 0 Å². The van der Waals surface area contributed by atoms with Crippen LogP contribution in [-0.2, 0) is 12.8 Å². The molecule has 1 aromatic carbocycles. The number of hydrogen-bond donors (Lipinski definition) is 1. The van der Waals surface area contributed by atoms with E-state index in [0.717, 1.165) is 13.0 Å². The van der Waals surface area contributed by atoms with Crippen molar-refractivity contribution in [1.82, 2.24) is 5.32 Å². The van der Waals surface area contributed by atoms with Gasteiger partial charge in [0.25, 0.3) is 0 Å². The van der Waals surface area contributed by atoms with Gasteiger partial charge >= 0.3 is 0 Å². The van der Waals surface area contributed by atoms with Crippen LogP contribution in [-0.4, -0.2) is 6.54 Å². The van der Waals surface area contributed by atoms with Gasteiger partial charge in [-0.15, -0.1) is 11.3 Å². The maximum absolute atomic E-state index is 12.9. The molecule has 1 aliphatic rings. The quantitative estimate of drug-likeness (QED) is 0.733. The summed E-state index contributed by atoms with van der Waals surface area (Å²) in [4.78, 5) is 1.56. The number of fused-ring (bicyclic) bond motifs is 1. The van der Waals surface area contributed by atoms with E-state index in [2.05, 4.69) is 34.0 Å². The van der Waals surface area contributed by atoms with Crippen molar-refractivity contribution in [3.63, 3.8) is 0 Å². The molecule has 1 nitrogen and oxygen atoms in total. The molecule has 0 saturated carbocycles. The van der Waals surface area contributed by atoms with Crippen molar-refractivity contribution < 1.29 is 4.39 Å². The zero-order valence-corrected chi connectivity index (χ0v) is 14.1. The minimum atomic E-state index is -0.161. The van der Waals surface area contributed by atoms with Gasteiger partial charge in [0.2, 0.25) is 0 Å². The Morgan fingerprint density at radius 1 is 1.30 bits per heavy atom. The standard InChI is InChI=1S/C16H17FINS/c17-12-6-4-11(5-7-12)8-9-19-14-2-1-3-15-13(14)10-16(18)20-15/h4-7,10,14,19H,1-3,8-9H2. The lowest BCUT2D eigenvalue weighted by Gasteiger charge is -2.23. The highest BCUT2D eigenvalue weighted by molar-refractivity contribution is 14.1. The van der Waals surface area contributed by atoms with E-state index in [1.54, 1.807) is 4.88 Å². The van der Waals surface area contributed by atoms with Crippen LogP contribution >= 0.6 is 33.9 Å². The Morgan fingerprint density at radius 2 is 2.10 bits per heavy atom. The lowest BCUT2D eigenvalue weighted by Crippen LogP contribution is -2.26. The van der Waals surface area contributed by atoms with E-state index >= 15 is 0 Å². The van der Waals surface area contributed by atoms with Crippen LogP contribution in [0.2, 0.25) is 0 Å². The van der Waals surface area contributed by atoms with Gasteiger partial charge in [0, 0.05) is 10.9 Å². The molecule has 0 aliphatic heterocycles. The van der Waals surface area contributed by atoms with Crippen molar-refractivity contribution in [1.29, 1.82) is 0 Å². The molecule has 0 spiro atoms. The summed E-state index contributed by atoms with van der Waals surface area (Å²) in [6.07, 6.45) is 4.69. The van der Waals surface area contributed by atoms with Crippen LogP contribution in [0.1, 0.15) is 34.9 Å². The van der Waals surface area contributed by atoms with Crippen LogP contribution in [0.15, 0.2) is 30.3 Å². The van der Waals surface area contributed by atoms with Gasteiger partial charge < -0.3 is 5.32 Å². The number of nitrogens with one attached hydrogen (secondary N) is 1. The Balaban J connectivity index is 1.58. The molecule has 20 heavy (non-hydrogen) atoms. The Hall–Kier alpha value is -0.460. The second kappa shape index (κ2) is 6.54. The Labute approximate surface area is 136 Å². The predicted octanol–water partition coefficient (Wildman–Crippen LogP) is 4.70. The van der Waals surface area contributed by atoms with E-state index in [-0.39, 0.29) is 5.82 Å². The molecule has 1 N–H and O–H groups in total. The highest BCUT2D eigenvalue weighted by atomic mass is 127. The number of hydrogen-bond acceptors (Lipinski definition) is 2. The molecule has 106 valence electrons. The van der Waals surface area contributed by atoms with Crippen LogP contribution in [0.5, 0.6) is 0 Å². The van der Waals surface area contributed by atoms with E-state index < -0.39 is 0 Å². The van der Waals surface area contributed by atoms with Gasteiger partial charge in [-0.25, -0.2) is 4.39 Å². The zero-order chi connectivity index (χ0) is 13.9. The van der Waals surface area contributed by atoms with E-state index in [1.165, 1.54) is 45.4 Å². The molecule has 0 saturated heterocycles. The minimum absolute atomic E-state index is 0.161. The summed E-state index contributed by atoms with van der Waals surface area (Å²) >= 11 is 4.35. The Bertz CT molecular complexity index is 579. The molecule has 2 aromatic rings. The van der Waals surface area contributed by atoms with Crippen molar-refractivity contribution in [2.45, 2.75) is 31.7 Å². The van der Waals surface area contributed by atoms with Gasteiger partial charge in [0.05, 0.1) is 2.88 Å². The molecule has 3 rings (SSSR count). The molecule has 1 aliphatic carbocycles. The van der Waals surface area contributed by atoms with Gasteiger partial charge in [-0.05, 0) is 84.1 Å². The van der Waals surface area contributed by atoms with Gasteiger partial charge in [0.1, 0.15) is 5.82 Å². The zero-order valence-electron chi connectivity index (χ0n) is 11.2. The average Bonchev–Trinajstić information content (AvgIpc) is 2.82. The first-order valence-electron chi connectivity index (χ1n) is 6.98. The normalized spacial score (nSPS) is 18.0. The van der Waals surface area contributed by atoms with Gasteiger partial charge in [-0.1, -0.05) is 12.1 Å². The summed E-state index contributed by atoms with van der Waals surface area (Å²) in [5.41, 5.74) is 2.69. The van der Waals surface area contributed by atoms with E-state index in [0.29, 0.717) is 6.04 Å². The van der Waals surface area contributed by atoms with E-state index in [1.807, 2.05) is 23.5 Å². The molecule has 0 fully saturated rings. The summed E-state index contributed by atoms with van der Waals surface area (Å²) in [6.45, 7) is 0.947. The topological polar surface area (TPSA) is 12.0 Å². The summed E-state index contributed by atoms with van der Waals surface area (Å²) in [7, 11) is 0. The molecule has 1 unspecified atom stereocenters. The van der Waals surface area contributed by atoms with Gasteiger partial charge in [-0.3, -0.25) is 0 Å². The van der Waals surface area contributed by atoms with Gasteiger partial charge in [0.15, 0.2) is 0 Å². The fraction of sp³-hybridized carbons (Fsp3) is 0.375. The minimum Gasteiger partial charge on any atom is -0.310 e. The molecular formula is C16H17FINS. The summed E-state index contributed by atoms with van der Waals surface area (Å²) in [5.74, 6) is -0.161. The molecule has 1 heterocycles. The SMILES string of the molecule is Fc1ccc(CCNC2CCCc3sc(I)cc32)cc1. The first kappa shape index (κ1) is 14.5. The molecule has 0 radical (unpaired) electrons. The highest BCUT2D eigenvalue weighted by Gasteiger charge is 2.21. The van der Waals surface area contributed by atoms with Crippen molar-refractivity contribution in [2.24, 2.45) is 0 Å². The monoisotopic (exact) mass is 401 g/mol. The third-order valence-electron chi connectivity index (χ3n) is 3.80. The van der Waals surface area contributed by atoms with Crippen LogP contribution in [0, 0.1) is 8.70 Å². The maximum Gasteiger partial charge on any atom is 0.123 e. The number of halogens is 2. The second-order valence-electron chi connectivity index (χ2n) is 5.20. The van der Waals surface area contributed by atoms with Crippen molar-refractivity contribution >= 4 is 33.9 Å². The summed E-state index contributed by atoms with van der Waals surface area (Å²) < 4.78 is 14.2. The molecule has 0 amide bonds. The van der Waals surface area contributed by atoms with Crippen molar-refractivity contribution in [3.8, 4) is 0 Å². The molecule has 1 aromatic heterocycles. The Morgan fingerprint density at radius 3 is 2.90 bits per heavy atom. The third-order valence-corrected chi connectivity index (χ3v) is 5.77. The van der Waals surface area contributed by atoms with Crippen molar-refractivity contribution in [2.75, 3.05) is 6.54 Å². The number of rotatable bonds is 4. The van der Waals surface area contributed by atoms with Crippen LogP contribution in [0.4, 0.5) is 4.39 Å². The number of benzene rings is 1. The van der Waals surface area contributed by atoms with Gasteiger partial charge in [-0.2, -0.15) is 0 Å². The fourth-order valence-corrected chi connectivity index (χ4v) is 4.89. The molecular weight excluding hydrogens is 384 g/mol. The molecule has 0 bridgehead atoms. The lowest BCUT2D eigenvalue weighted by atomic mass is 9.94. The second-order valence-corrected chi connectivity index (χ2v) is 8.24. The first-order valence-corrected chi connectivity index (χ1v) is 8.88. The highest BCUT2D eigenvalue weighted by Crippen LogP contribution is 2.36. The summed E-state index contributed by atoms with van der Waals surface area (Å²) in [5, 5.41) is 3.66. The molecule has 1 atom stereocenters. The smallest absolute Gasteiger partial charge is 0.123 e. The van der Waals surface area contributed by atoms with Crippen LogP contribution in [0.25, 0.3) is 0 Å².